The van der Waals surface area contributed by atoms with Gasteiger partial charge in [0.05, 0.1) is 11.3 Å². The molecule has 68 valence electrons. The molecule has 0 spiro atoms. The van der Waals surface area contributed by atoms with Crippen LogP contribution in [0.15, 0.2) is 0 Å². The summed E-state index contributed by atoms with van der Waals surface area (Å²) in [6.45, 7) is 4.06. The summed E-state index contributed by atoms with van der Waals surface area (Å²) in [6, 6.07) is 2.18. The SMILES string of the molecule is CCc1nnc(I)c(C#N)c1CC. The molecule has 0 aliphatic rings. The van der Waals surface area contributed by atoms with Gasteiger partial charge in [-0.3, -0.25) is 0 Å². The first-order chi connectivity index (χ1) is 6.24. The van der Waals surface area contributed by atoms with Crippen LogP contribution in [0.25, 0.3) is 0 Å². The van der Waals surface area contributed by atoms with Crippen LogP contribution in [0.1, 0.15) is 30.7 Å². The minimum Gasteiger partial charge on any atom is -0.192 e. The summed E-state index contributed by atoms with van der Waals surface area (Å²) in [5, 5.41) is 16.9. The Labute approximate surface area is 91.3 Å². The fourth-order valence-electron chi connectivity index (χ4n) is 1.26. The molecule has 0 amide bonds. The second-order valence-corrected chi connectivity index (χ2v) is 3.63. The summed E-state index contributed by atoms with van der Waals surface area (Å²) in [6.07, 6.45) is 1.68. The molecule has 3 nitrogen and oxygen atoms in total. The number of halogens is 1. The molecule has 13 heavy (non-hydrogen) atoms. The highest BCUT2D eigenvalue weighted by Gasteiger charge is 2.11. The molecule has 0 bridgehead atoms. The number of aryl methyl sites for hydroxylation is 1. The Bertz CT molecular complexity index is 355. The lowest BCUT2D eigenvalue weighted by Crippen LogP contribution is -2.04. The smallest absolute Gasteiger partial charge is 0.141 e. The van der Waals surface area contributed by atoms with Crippen molar-refractivity contribution in [3.63, 3.8) is 0 Å². The topological polar surface area (TPSA) is 49.6 Å². The Hall–Kier alpha value is -0.700. The Morgan fingerprint density at radius 2 is 2.00 bits per heavy atom. The Kier molecular flexibility index (Phi) is 3.60. The van der Waals surface area contributed by atoms with Crippen LogP contribution in [0.3, 0.4) is 0 Å². The van der Waals surface area contributed by atoms with E-state index >= 15 is 0 Å². The minimum absolute atomic E-state index is 0.690. The van der Waals surface area contributed by atoms with Crippen molar-refractivity contribution in [3.05, 3.63) is 20.5 Å². The molecule has 0 aromatic carbocycles. The highest BCUT2D eigenvalue weighted by Crippen LogP contribution is 2.17. The molecular formula is C9H10IN3. The molecule has 1 rings (SSSR count). The zero-order chi connectivity index (χ0) is 9.84. The first-order valence-electron chi connectivity index (χ1n) is 4.18. The summed E-state index contributed by atoms with van der Waals surface area (Å²) in [5.74, 6) is 0. The van der Waals surface area contributed by atoms with Crippen molar-refractivity contribution >= 4 is 22.6 Å². The van der Waals surface area contributed by atoms with Crippen molar-refractivity contribution in [2.45, 2.75) is 26.7 Å². The molecule has 1 heterocycles. The number of aromatic nitrogens is 2. The van der Waals surface area contributed by atoms with Gasteiger partial charge in [-0.2, -0.15) is 10.4 Å². The van der Waals surface area contributed by atoms with Crippen LogP contribution in [0, 0.1) is 15.0 Å². The van der Waals surface area contributed by atoms with Crippen molar-refractivity contribution in [2.24, 2.45) is 0 Å². The molecule has 1 aromatic heterocycles. The third-order valence-electron chi connectivity index (χ3n) is 1.92. The third-order valence-corrected chi connectivity index (χ3v) is 2.67. The summed E-state index contributed by atoms with van der Waals surface area (Å²) < 4.78 is 0.703. The first-order valence-corrected chi connectivity index (χ1v) is 5.26. The van der Waals surface area contributed by atoms with Gasteiger partial charge in [-0.15, -0.1) is 5.10 Å². The second kappa shape index (κ2) is 4.51. The van der Waals surface area contributed by atoms with Crippen LogP contribution >= 0.6 is 22.6 Å². The summed E-state index contributed by atoms with van der Waals surface area (Å²) in [5.41, 5.74) is 2.68. The molecule has 1 aromatic rings. The number of hydrogen-bond donors (Lipinski definition) is 0. The predicted molar refractivity (Wildman–Crippen MR) is 58.2 cm³/mol. The van der Waals surface area contributed by atoms with Gasteiger partial charge in [0, 0.05) is 0 Å². The Balaban J connectivity index is 3.38. The highest BCUT2D eigenvalue weighted by atomic mass is 127. The van der Waals surface area contributed by atoms with E-state index in [0.29, 0.717) is 9.26 Å². The van der Waals surface area contributed by atoms with Gasteiger partial charge in [0.25, 0.3) is 0 Å². The van der Waals surface area contributed by atoms with Crippen molar-refractivity contribution in [1.29, 1.82) is 5.26 Å². The van der Waals surface area contributed by atoms with Crippen LogP contribution in [0.2, 0.25) is 0 Å². The van der Waals surface area contributed by atoms with Crippen molar-refractivity contribution in [3.8, 4) is 6.07 Å². The van der Waals surface area contributed by atoms with Gasteiger partial charge in [-0.1, -0.05) is 13.8 Å². The maximum absolute atomic E-state index is 8.93. The lowest BCUT2D eigenvalue weighted by molar-refractivity contribution is 0.858. The van der Waals surface area contributed by atoms with Gasteiger partial charge in [0.15, 0.2) is 0 Å². The number of rotatable bonds is 2. The zero-order valence-electron chi connectivity index (χ0n) is 7.63. The normalized spacial score (nSPS) is 9.69. The number of nitrogens with zero attached hydrogens (tertiary/aromatic N) is 3. The average Bonchev–Trinajstić information content (AvgIpc) is 2.17. The lowest BCUT2D eigenvalue weighted by Gasteiger charge is -2.06. The van der Waals surface area contributed by atoms with Crippen LogP contribution in [0.4, 0.5) is 0 Å². The quantitative estimate of drug-likeness (QED) is 0.782. The fraction of sp³-hybridized carbons (Fsp3) is 0.444. The lowest BCUT2D eigenvalue weighted by atomic mass is 10.1. The van der Waals surface area contributed by atoms with Crippen LogP contribution in [-0.2, 0) is 12.8 Å². The fourth-order valence-corrected chi connectivity index (χ4v) is 1.82. The van der Waals surface area contributed by atoms with Crippen LogP contribution in [0.5, 0.6) is 0 Å². The van der Waals surface area contributed by atoms with E-state index < -0.39 is 0 Å². The van der Waals surface area contributed by atoms with E-state index in [4.69, 9.17) is 5.26 Å². The van der Waals surface area contributed by atoms with E-state index in [2.05, 4.69) is 16.3 Å². The molecule has 0 radical (unpaired) electrons. The van der Waals surface area contributed by atoms with Gasteiger partial charge in [-0.05, 0) is 41.0 Å². The van der Waals surface area contributed by atoms with E-state index in [1.54, 1.807) is 0 Å². The summed E-state index contributed by atoms with van der Waals surface area (Å²) in [4.78, 5) is 0. The van der Waals surface area contributed by atoms with Crippen LogP contribution in [-0.4, -0.2) is 10.2 Å². The molecule has 0 saturated heterocycles. The molecular weight excluding hydrogens is 277 g/mol. The maximum Gasteiger partial charge on any atom is 0.141 e. The van der Waals surface area contributed by atoms with Crippen molar-refractivity contribution in [2.75, 3.05) is 0 Å². The third kappa shape index (κ3) is 1.97. The summed E-state index contributed by atoms with van der Waals surface area (Å²) in [7, 11) is 0. The molecule has 0 unspecified atom stereocenters. The summed E-state index contributed by atoms with van der Waals surface area (Å²) >= 11 is 2.05. The zero-order valence-corrected chi connectivity index (χ0v) is 9.79. The van der Waals surface area contributed by atoms with E-state index in [1.807, 2.05) is 36.4 Å². The van der Waals surface area contributed by atoms with E-state index in [-0.39, 0.29) is 0 Å². The number of nitriles is 1. The van der Waals surface area contributed by atoms with Gasteiger partial charge in [0.1, 0.15) is 9.77 Å². The first kappa shape index (κ1) is 10.4. The van der Waals surface area contributed by atoms with Gasteiger partial charge < -0.3 is 0 Å². The van der Waals surface area contributed by atoms with Gasteiger partial charge in [-0.25, -0.2) is 0 Å². The van der Waals surface area contributed by atoms with E-state index in [9.17, 15) is 0 Å². The average molecular weight is 287 g/mol. The van der Waals surface area contributed by atoms with Gasteiger partial charge >= 0.3 is 0 Å². The molecule has 0 N–H and O–H groups in total. The maximum atomic E-state index is 8.93. The predicted octanol–water partition coefficient (Wildman–Crippen LogP) is 2.08. The standard InChI is InChI=1S/C9H10IN3/c1-3-6-7(5-11)9(10)13-12-8(6)4-2/h3-4H2,1-2H3. The monoisotopic (exact) mass is 287 g/mol. The molecule has 4 heteroatoms. The van der Waals surface area contributed by atoms with Crippen molar-refractivity contribution < 1.29 is 0 Å². The van der Waals surface area contributed by atoms with Gasteiger partial charge in [0.2, 0.25) is 0 Å². The van der Waals surface area contributed by atoms with E-state index in [0.717, 1.165) is 24.1 Å². The molecule has 0 aliphatic carbocycles. The second-order valence-electron chi connectivity index (χ2n) is 2.61. The van der Waals surface area contributed by atoms with Crippen LogP contribution < -0.4 is 0 Å². The minimum atomic E-state index is 0.690. The molecule has 0 fully saturated rings. The van der Waals surface area contributed by atoms with E-state index in [1.165, 1.54) is 0 Å². The highest BCUT2D eigenvalue weighted by molar-refractivity contribution is 14.1. The molecule has 0 atom stereocenters. The molecule has 0 aliphatic heterocycles. The number of hydrogen-bond acceptors (Lipinski definition) is 3. The molecule has 0 saturated carbocycles. The largest absolute Gasteiger partial charge is 0.192 e. The Morgan fingerprint density at radius 1 is 1.31 bits per heavy atom. The Morgan fingerprint density at radius 3 is 2.46 bits per heavy atom. The van der Waals surface area contributed by atoms with Crippen molar-refractivity contribution in [1.82, 2.24) is 10.2 Å².